The highest BCUT2D eigenvalue weighted by molar-refractivity contribution is 6.18. The lowest BCUT2D eigenvalue weighted by atomic mass is 9.76. The fourth-order valence-electron chi connectivity index (χ4n) is 3.67. The first-order chi connectivity index (χ1) is 6.69. The molecule has 2 fully saturated rings. The summed E-state index contributed by atoms with van der Waals surface area (Å²) in [6, 6.07) is 0. The van der Waals surface area contributed by atoms with Crippen molar-refractivity contribution in [1.82, 2.24) is 0 Å². The summed E-state index contributed by atoms with van der Waals surface area (Å²) in [6.45, 7) is 4.69. The van der Waals surface area contributed by atoms with Crippen LogP contribution in [0.25, 0.3) is 0 Å². The second-order valence-electron chi connectivity index (χ2n) is 5.90. The Morgan fingerprint density at radius 2 is 2.00 bits per heavy atom. The number of hydrogen-bond donors (Lipinski definition) is 0. The summed E-state index contributed by atoms with van der Waals surface area (Å²) in [7, 11) is 0. The van der Waals surface area contributed by atoms with Gasteiger partial charge < -0.3 is 0 Å². The number of hydrogen-bond acceptors (Lipinski definition) is 0. The predicted molar refractivity (Wildman–Crippen MR) is 62.7 cm³/mol. The van der Waals surface area contributed by atoms with E-state index in [0.29, 0.717) is 5.41 Å². The maximum absolute atomic E-state index is 6.19. The van der Waals surface area contributed by atoms with E-state index in [9.17, 15) is 0 Å². The molecule has 0 saturated heterocycles. The van der Waals surface area contributed by atoms with E-state index >= 15 is 0 Å². The fraction of sp³-hybridized carbons (Fsp3) is 1.00. The summed E-state index contributed by atoms with van der Waals surface area (Å²) < 4.78 is 0. The highest BCUT2D eigenvalue weighted by atomic mass is 35.5. The number of rotatable bonds is 5. The Hall–Kier alpha value is 0.290. The quantitative estimate of drug-likeness (QED) is 0.593. The van der Waals surface area contributed by atoms with Gasteiger partial charge >= 0.3 is 0 Å². The molecule has 0 aromatic rings. The van der Waals surface area contributed by atoms with Gasteiger partial charge in [-0.1, -0.05) is 26.7 Å². The van der Waals surface area contributed by atoms with Crippen molar-refractivity contribution in [1.29, 1.82) is 0 Å². The minimum Gasteiger partial charge on any atom is -0.126 e. The molecule has 0 aromatic carbocycles. The van der Waals surface area contributed by atoms with Gasteiger partial charge in [-0.25, -0.2) is 0 Å². The van der Waals surface area contributed by atoms with E-state index in [4.69, 9.17) is 11.6 Å². The molecule has 0 amide bonds. The van der Waals surface area contributed by atoms with E-state index in [2.05, 4.69) is 13.8 Å². The van der Waals surface area contributed by atoms with Crippen molar-refractivity contribution in [2.24, 2.45) is 23.2 Å². The van der Waals surface area contributed by atoms with Crippen LogP contribution in [0.2, 0.25) is 0 Å². The molecule has 0 aliphatic heterocycles. The summed E-state index contributed by atoms with van der Waals surface area (Å²) in [4.78, 5) is 0. The molecular formula is C13H23Cl. The van der Waals surface area contributed by atoms with Crippen molar-refractivity contribution < 1.29 is 0 Å². The van der Waals surface area contributed by atoms with Crippen LogP contribution in [0, 0.1) is 23.2 Å². The van der Waals surface area contributed by atoms with Gasteiger partial charge in [-0.2, -0.15) is 0 Å². The molecule has 3 atom stereocenters. The Morgan fingerprint density at radius 1 is 1.36 bits per heavy atom. The van der Waals surface area contributed by atoms with Crippen LogP contribution in [0.15, 0.2) is 0 Å². The molecule has 0 nitrogen and oxygen atoms in total. The SMILES string of the molecule is CCCC(C)CC1(CCl)CC2CC2C1. The molecule has 0 radical (unpaired) electrons. The first-order valence-electron chi connectivity index (χ1n) is 6.25. The molecule has 1 heteroatoms. The molecule has 14 heavy (non-hydrogen) atoms. The van der Waals surface area contributed by atoms with E-state index in [1.165, 1.54) is 38.5 Å². The number of fused-ring (bicyclic) bond motifs is 1. The molecule has 0 spiro atoms. The van der Waals surface area contributed by atoms with Gasteiger partial charge in [-0.3, -0.25) is 0 Å². The van der Waals surface area contributed by atoms with Crippen molar-refractivity contribution in [2.75, 3.05) is 5.88 Å². The Kier molecular flexibility index (Phi) is 3.12. The van der Waals surface area contributed by atoms with Crippen LogP contribution in [-0.4, -0.2) is 5.88 Å². The smallest absolute Gasteiger partial charge is 0.0280 e. The van der Waals surface area contributed by atoms with Gasteiger partial charge in [0.05, 0.1) is 0 Å². The fourth-order valence-corrected chi connectivity index (χ4v) is 4.00. The highest BCUT2D eigenvalue weighted by Crippen LogP contribution is 2.62. The minimum atomic E-state index is 0.545. The van der Waals surface area contributed by atoms with E-state index in [1.54, 1.807) is 0 Å². The molecule has 0 bridgehead atoms. The van der Waals surface area contributed by atoms with Crippen molar-refractivity contribution in [2.45, 2.75) is 52.4 Å². The molecule has 0 N–H and O–H groups in total. The van der Waals surface area contributed by atoms with Crippen LogP contribution < -0.4 is 0 Å². The lowest BCUT2D eigenvalue weighted by Gasteiger charge is -2.31. The van der Waals surface area contributed by atoms with E-state index < -0.39 is 0 Å². The van der Waals surface area contributed by atoms with Crippen molar-refractivity contribution in [3.05, 3.63) is 0 Å². The third-order valence-electron chi connectivity index (χ3n) is 4.31. The normalized spacial score (nSPS) is 42.2. The van der Waals surface area contributed by atoms with E-state index in [-0.39, 0.29) is 0 Å². The zero-order valence-corrected chi connectivity index (χ0v) is 10.3. The van der Waals surface area contributed by atoms with Gasteiger partial charge in [0.15, 0.2) is 0 Å². The lowest BCUT2D eigenvalue weighted by Crippen LogP contribution is -2.23. The summed E-state index contributed by atoms with van der Waals surface area (Å²) >= 11 is 6.19. The van der Waals surface area contributed by atoms with Crippen LogP contribution in [0.3, 0.4) is 0 Å². The average molecular weight is 215 g/mol. The molecule has 3 unspecified atom stereocenters. The molecule has 2 saturated carbocycles. The molecule has 2 rings (SSSR count). The topological polar surface area (TPSA) is 0 Å². The standard InChI is InChI=1S/C13H23Cl/c1-3-4-10(2)6-13(9-14)7-11-5-12(11)8-13/h10-12H,3-9H2,1-2H3. The molecular weight excluding hydrogens is 192 g/mol. The Labute approximate surface area is 93.4 Å². The van der Waals surface area contributed by atoms with Crippen molar-refractivity contribution in [3.63, 3.8) is 0 Å². The lowest BCUT2D eigenvalue weighted by molar-refractivity contribution is 0.228. The summed E-state index contributed by atoms with van der Waals surface area (Å²) in [5, 5.41) is 0. The van der Waals surface area contributed by atoms with Gasteiger partial charge in [0, 0.05) is 5.88 Å². The maximum atomic E-state index is 6.19. The summed E-state index contributed by atoms with van der Waals surface area (Å²) in [5.74, 6) is 3.94. The number of alkyl halides is 1. The predicted octanol–water partition coefficient (Wildman–Crippen LogP) is 4.47. The summed E-state index contributed by atoms with van der Waals surface area (Å²) in [6.07, 6.45) is 8.49. The van der Waals surface area contributed by atoms with E-state index in [1.807, 2.05) is 0 Å². The zero-order valence-electron chi connectivity index (χ0n) is 9.56. The largest absolute Gasteiger partial charge is 0.126 e. The molecule has 82 valence electrons. The molecule has 2 aliphatic carbocycles. The maximum Gasteiger partial charge on any atom is 0.0280 e. The van der Waals surface area contributed by atoms with Gasteiger partial charge in [0.2, 0.25) is 0 Å². The van der Waals surface area contributed by atoms with E-state index in [0.717, 1.165) is 23.6 Å². The summed E-state index contributed by atoms with van der Waals surface area (Å²) in [5.41, 5.74) is 0.545. The van der Waals surface area contributed by atoms with Crippen molar-refractivity contribution in [3.8, 4) is 0 Å². The Bertz CT molecular complexity index is 189. The molecule has 2 aliphatic rings. The first kappa shape index (κ1) is 10.8. The minimum absolute atomic E-state index is 0.545. The van der Waals surface area contributed by atoms with Crippen molar-refractivity contribution >= 4 is 11.6 Å². The van der Waals surface area contributed by atoms with Crippen LogP contribution >= 0.6 is 11.6 Å². The van der Waals surface area contributed by atoms with Gasteiger partial charge in [0.1, 0.15) is 0 Å². The number of halogens is 1. The molecule has 0 heterocycles. The third kappa shape index (κ3) is 2.10. The van der Waals surface area contributed by atoms with Gasteiger partial charge in [-0.15, -0.1) is 11.6 Å². The first-order valence-corrected chi connectivity index (χ1v) is 6.78. The van der Waals surface area contributed by atoms with Gasteiger partial charge in [0.25, 0.3) is 0 Å². The monoisotopic (exact) mass is 214 g/mol. The highest BCUT2D eigenvalue weighted by Gasteiger charge is 2.53. The Balaban J connectivity index is 1.86. The third-order valence-corrected chi connectivity index (χ3v) is 4.87. The Morgan fingerprint density at radius 3 is 2.50 bits per heavy atom. The van der Waals surface area contributed by atoms with Crippen LogP contribution in [0.5, 0.6) is 0 Å². The second-order valence-corrected chi connectivity index (χ2v) is 6.16. The van der Waals surface area contributed by atoms with Crippen LogP contribution in [0.1, 0.15) is 52.4 Å². The average Bonchev–Trinajstić information content (AvgIpc) is 2.75. The molecule has 0 aromatic heterocycles. The second kappa shape index (κ2) is 4.04. The van der Waals surface area contributed by atoms with Gasteiger partial charge in [-0.05, 0) is 48.9 Å². The van der Waals surface area contributed by atoms with Crippen LogP contribution in [-0.2, 0) is 0 Å². The zero-order chi connectivity index (χ0) is 10.2. The van der Waals surface area contributed by atoms with Crippen LogP contribution in [0.4, 0.5) is 0 Å².